The SMILES string of the molecule is Cn1c(C2(CN)CCC2)nc2cccc(Cl)c21. The second kappa shape index (κ2) is 3.72. The lowest BCUT2D eigenvalue weighted by molar-refractivity contribution is 0.233. The molecule has 0 atom stereocenters. The molecule has 0 aliphatic heterocycles. The molecule has 1 aliphatic rings. The molecule has 1 heterocycles. The molecule has 1 fully saturated rings. The highest BCUT2D eigenvalue weighted by Gasteiger charge is 2.41. The van der Waals surface area contributed by atoms with Crippen LogP contribution >= 0.6 is 11.6 Å². The number of nitrogens with zero attached hydrogens (tertiary/aromatic N) is 2. The molecule has 0 amide bonds. The smallest absolute Gasteiger partial charge is 0.117 e. The zero-order valence-corrected chi connectivity index (χ0v) is 10.7. The van der Waals surface area contributed by atoms with Gasteiger partial charge in [0.05, 0.1) is 16.1 Å². The number of halogens is 1. The molecule has 0 saturated heterocycles. The van der Waals surface area contributed by atoms with Crippen molar-refractivity contribution >= 4 is 22.6 Å². The third-order valence-corrected chi connectivity index (χ3v) is 4.33. The second-order valence-electron chi connectivity index (χ2n) is 4.94. The maximum atomic E-state index is 6.24. The van der Waals surface area contributed by atoms with Crippen LogP contribution in [-0.4, -0.2) is 16.1 Å². The van der Waals surface area contributed by atoms with E-state index in [4.69, 9.17) is 22.3 Å². The van der Waals surface area contributed by atoms with Gasteiger partial charge in [0.25, 0.3) is 0 Å². The van der Waals surface area contributed by atoms with Crippen molar-refractivity contribution in [2.45, 2.75) is 24.7 Å². The van der Waals surface area contributed by atoms with Crippen LogP contribution in [0.3, 0.4) is 0 Å². The average molecular weight is 250 g/mol. The lowest BCUT2D eigenvalue weighted by Gasteiger charge is -2.40. The fourth-order valence-electron chi connectivity index (χ4n) is 2.82. The summed E-state index contributed by atoms with van der Waals surface area (Å²) in [5.41, 5.74) is 8.01. The summed E-state index contributed by atoms with van der Waals surface area (Å²) < 4.78 is 2.11. The zero-order chi connectivity index (χ0) is 12.0. The highest BCUT2D eigenvalue weighted by Crippen LogP contribution is 2.43. The molecular formula is C13H16ClN3. The summed E-state index contributed by atoms with van der Waals surface area (Å²) >= 11 is 6.24. The van der Waals surface area contributed by atoms with E-state index in [-0.39, 0.29) is 5.41 Å². The van der Waals surface area contributed by atoms with Gasteiger partial charge in [-0.2, -0.15) is 0 Å². The van der Waals surface area contributed by atoms with Gasteiger partial charge in [-0.1, -0.05) is 24.1 Å². The minimum Gasteiger partial charge on any atom is -0.329 e. The Morgan fingerprint density at radius 1 is 1.47 bits per heavy atom. The number of fused-ring (bicyclic) bond motifs is 1. The van der Waals surface area contributed by atoms with Crippen LogP contribution in [-0.2, 0) is 12.5 Å². The second-order valence-corrected chi connectivity index (χ2v) is 5.35. The normalized spacial score (nSPS) is 18.3. The Kier molecular flexibility index (Phi) is 2.42. The number of aromatic nitrogens is 2. The fraction of sp³-hybridized carbons (Fsp3) is 0.462. The molecule has 3 rings (SSSR count). The first-order chi connectivity index (χ1) is 8.18. The van der Waals surface area contributed by atoms with E-state index in [0.717, 1.165) is 34.7 Å². The van der Waals surface area contributed by atoms with E-state index in [0.29, 0.717) is 6.54 Å². The van der Waals surface area contributed by atoms with Crippen LogP contribution < -0.4 is 5.73 Å². The van der Waals surface area contributed by atoms with Gasteiger partial charge in [-0.3, -0.25) is 0 Å². The van der Waals surface area contributed by atoms with Crippen LogP contribution in [0.2, 0.25) is 5.02 Å². The van der Waals surface area contributed by atoms with E-state index in [2.05, 4.69) is 4.57 Å². The molecule has 90 valence electrons. The quantitative estimate of drug-likeness (QED) is 0.889. The Hall–Kier alpha value is -1.06. The zero-order valence-electron chi connectivity index (χ0n) is 9.91. The number of imidazole rings is 1. The molecule has 1 aromatic carbocycles. The van der Waals surface area contributed by atoms with Crippen molar-refractivity contribution in [3.8, 4) is 0 Å². The first-order valence-electron chi connectivity index (χ1n) is 5.99. The standard InChI is InChI=1S/C13H16ClN3/c1-17-11-9(14)4-2-5-10(11)16-12(17)13(8-15)6-3-7-13/h2,4-5H,3,6-8,15H2,1H3. The summed E-state index contributed by atoms with van der Waals surface area (Å²) in [6.45, 7) is 0.668. The van der Waals surface area contributed by atoms with Crippen molar-refractivity contribution in [3.63, 3.8) is 0 Å². The third kappa shape index (κ3) is 1.42. The van der Waals surface area contributed by atoms with E-state index in [1.807, 2.05) is 25.2 Å². The van der Waals surface area contributed by atoms with Crippen LogP contribution in [0.5, 0.6) is 0 Å². The lowest BCUT2D eigenvalue weighted by Crippen LogP contribution is -2.43. The molecule has 0 radical (unpaired) electrons. The molecule has 0 spiro atoms. The molecule has 17 heavy (non-hydrogen) atoms. The van der Waals surface area contributed by atoms with Gasteiger partial charge in [-0.25, -0.2) is 4.98 Å². The molecule has 0 unspecified atom stereocenters. The summed E-state index contributed by atoms with van der Waals surface area (Å²) in [4.78, 5) is 4.74. The van der Waals surface area contributed by atoms with E-state index in [9.17, 15) is 0 Å². The Balaban J connectivity index is 2.25. The number of aryl methyl sites for hydroxylation is 1. The van der Waals surface area contributed by atoms with Crippen LogP contribution in [0.25, 0.3) is 11.0 Å². The molecule has 1 aliphatic carbocycles. The number of benzene rings is 1. The van der Waals surface area contributed by atoms with E-state index in [1.54, 1.807) is 0 Å². The third-order valence-electron chi connectivity index (χ3n) is 4.02. The average Bonchev–Trinajstić information content (AvgIpc) is 2.58. The Morgan fingerprint density at radius 2 is 2.24 bits per heavy atom. The van der Waals surface area contributed by atoms with Crippen LogP contribution in [0.1, 0.15) is 25.1 Å². The molecule has 2 N–H and O–H groups in total. The maximum Gasteiger partial charge on any atom is 0.117 e. The van der Waals surface area contributed by atoms with Crippen molar-refractivity contribution < 1.29 is 0 Å². The van der Waals surface area contributed by atoms with E-state index >= 15 is 0 Å². The van der Waals surface area contributed by atoms with E-state index < -0.39 is 0 Å². The Labute approximate surface area is 106 Å². The van der Waals surface area contributed by atoms with Crippen LogP contribution in [0.15, 0.2) is 18.2 Å². The van der Waals surface area contributed by atoms with Gasteiger partial charge in [0.1, 0.15) is 5.82 Å². The Morgan fingerprint density at radius 3 is 2.76 bits per heavy atom. The van der Waals surface area contributed by atoms with Gasteiger partial charge in [0.15, 0.2) is 0 Å². The number of hydrogen-bond donors (Lipinski definition) is 1. The van der Waals surface area contributed by atoms with Gasteiger partial charge in [0, 0.05) is 19.0 Å². The summed E-state index contributed by atoms with van der Waals surface area (Å²) in [5, 5.41) is 0.759. The van der Waals surface area contributed by atoms with Gasteiger partial charge in [-0.05, 0) is 25.0 Å². The van der Waals surface area contributed by atoms with Gasteiger partial charge in [0.2, 0.25) is 0 Å². The predicted octanol–water partition coefficient (Wildman–Crippen LogP) is 2.61. The van der Waals surface area contributed by atoms with Crippen molar-refractivity contribution in [3.05, 3.63) is 29.0 Å². The molecule has 2 aromatic rings. The van der Waals surface area contributed by atoms with Crippen molar-refractivity contribution in [1.82, 2.24) is 9.55 Å². The highest BCUT2D eigenvalue weighted by molar-refractivity contribution is 6.35. The van der Waals surface area contributed by atoms with Crippen LogP contribution in [0.4, 0.5) is 0 Å². The Bertz CT molecular complexity index is 564. The summed E-state index contributed by atoms with van der Waals surface area (Å²) in [6.07, 6.45) is 3.52. The van der Waals surface area contributed by atoms with Crippen LogP contribution in [0, 0.1) is 0 Å². The first kappa shape index (κ1) is 11.1. The topological polar surface area (TPSA) is 43.8 Å². The summed E-state index contributed by atoms with van der Waals surface area (Å²) in [7, 11) is 2.03. The number of hydrogen-bond acceptors (Lipinski definition) is 2. The fourth-order valence-corrected chi connectivity index (χ4v) is 3.11. The molecule has 4 heteroatoms. The molecule has 1 aromatic heterocycles. The van der Waals surface area contributed by atoms with Gasteiger partial charge < -0.3 is 10.3 Å². The van der Waals surface area contributed by atoms with Gasteiger partial charge >= 0.3 is 0 Å². The first-order valence-corrected chi connectivity index (χ1v) is 6.37. The number of rotatable bonds is 2. The highest BCUT2D eigenvalue weighted by atomic mass is 35.5. The molecular weight excluding hydrogens is 234 g/mol. The van der Waals surface area contributed by atoms with Crippen molar-refractivity contribution in [2.24, 2.45) is 12.8 Å². The molecule has 1 saturated carbocycles. The molecule has 3 nitrogen and oxygen atoms in total. The van der Waals surface area contributed by atoms with Gasteiger partial charge in [-0.15, -0.1) is 0 Å². The van der Waals surface area contributed by atoms with E-state index in [1.165, 1.54) is 6.42 Å². The molecule has 0 bridgehead atoms. The monoisotopic (exact) mass is 249 g/mol. The lowest BCUT2D eigenvalue weighted by atomic mass is 9.68. The number of para-hydroxylation sites is 1. The summed E-state index contributed by atoms with van der Waals surface area (Å²) in [6, 6.07) is 5.86. The van der Waals surface area contributed by atoms with Crippen molar-refractivity contribution in [2.75, 3.05) is 6.54 Å². The minimum absolute atomic E-state index is 0.0805. The number of nitrogens with two attached hydrogens (primary N) is 1. The minimum atomic E-state index is 0.0805. The summed E-state index contributed by atoms with van der Waals surface area (Å²) in [5.74, 6) is 1.09. The maximum absolute atomic E-state index is 6.24. The predicted molar refractivity (Wildman–Crippen MR) is 70.3 cm³/mol. The largest absolute Gasteiger partial charge is 0.329 e. The van der Waals surface area contributed by atoms with Crippen molar-refractivity contribution in [1.29, 1.82) is 0 Å².